The summed E-state index contributed by atoms with van der Waals surface area (Å²) >= 11 is 0. The second kappa shape index (κ2) is 4.06. The molecule has 0 aromatic carbocycles. The van der Waals surface area contributed by atoms with Crippen LogP contribution >= 0.6 is 0 Å². The Balaban J connectivity index is 2.09. The zero-order valence-corrected chi connectivity index (χ0v) is 10.4. The van der Waals surface area contributed by atoms with Gasteiger partial charge in [0.05, 0.1) is 5.60 Å². The van der Waals surface area contributed by atoms with Gasteiger partial charge in [0.15, 0.2) is 0 Å². The van der Waals surface area contributed by atoms with Crippen molar-refractivity contribution in [3.05, 3.63) is 0 Å². The fourth-order valence-electron chi connectivity index (χ4n) is 3.84. The number of aliphatic hydroxyl groups is 1. The van der Waals surface area contributed by atoms with E-state index in [0.29, 0.717) is 6.04 Å². The van der Waals surface area contributed by atoms with Gasteiger partial charge in [0.1, 0.15) is 0 Å². The monoisotopic (exact) mass is 211 g/mol. The van der Waals surface area contributed by atoms with E-state index in [9.17, 15) is 5.11 Å². The zero-order chi connectivity index (χ0) is 11.1. The minimum atomic E-state index is -0.470. The van der Waals surface area contributed by atoms with Gasteiger partial charge in [-0.3, -0.25) is 0 Å². The van der Waals surface area contributed by atoms with E-state index < -0.39 is 5.60 Å². The molecular formula is C13H25NO. The van der Waals surface area contributed by atoms with Crippen LogP contribution in [0.4, 0.5) is 0 Å². The Labute approximate surface area is 93.7 Å². The van der Waals surface area contributed by atoms with Crippen LogP contribution in [0.1, 0.15) is 45.4 Å². The van der Waals surface area contributed by atoms with Gasteiger partial charge in [0, 0.05) is 6.04 Å². The predicted molar refractivity (Wildman–Crippen MR) is 62.8 cm³/mol. The van der Waals surface area contributed by atoms with Crippen molar-refractivity contribution in [2.45, 2.75) is 57.1 Å². The number of hydrogen-bond acceptors (Lipinski definition) is 2. The third kappa shape index (κ3) is 2.21. The lowest BCUT2D eigenvalue weighted by atomic mass is 9.64. The van der Waals surface area contributed by atoms with E-state index in [1.54, 1.807) is 0 Å². The summed E-state index contributed by atoms with van der Waals surface area (Å²) in [6.45, 7) is 2.03. The Hall–Kier alpha value is -0.0800. The van der Waals surface area contributed by atoms with Crippen molar-refractivity contribution >= 4 is 0 Å². The second-order valence-corrected chi connectivity index (χ2v) is 6.08. The van der Waals surface area contributed by atoms with Crippen molar-refractivity contribution in [3.63, 3.8) is 0 Å². The molecule has 0 spiro atoms. The molecule has 0 bridgehead atoms. The van der Waals surface area contributed by atoms with Gasteiger partial charge in [-0.25, -0.2) is 0 Å². The van der Waals surface area contributed by atoms with Crippen LogP contribution in [0.2, 0.25) is 0 Å². The largest absolute Gasteiger partial charge is 0.389 e. The summed E-state index contributed by atoms with van der Waals surface area (Å²) in [6, 6.07) is 0.358. The quantitative estimate of drug-likeness (QED) is 0.719. The molecule has 4 atom stereocenters. The number of rotatable bonds is 1. The van der Waals surface area contributed by atoms with Crippen LogP contribution in [-0.2, 0) is 0 Å². The first-order valence-corrected chi connectivity index (χ1v) is 6.39. The standard InChI is InChI=1S/C13H25NO/c1-13(15)9-11-7-5-4-6-10(11)8-12(13)14(2)3/h10-12,15H,4-9H2,1-3H3/t10-,11-,12-,13-/m0/s1. The normalized spacial score (nSPS) is 46.6. The molecule has 0 unspecified atom stereocenters. The van der Waals surface area contributed by atoms with E-state index in [0.717, 1.165) is 18.3 Å². The van der Waals surface area contributed by atoms with Gasteiger partial charge in [0.2, 0.25) is 0 Å². The fraction of sp³-hybridized carbons (Fsp3) is 1.00. The average Bonchev–Trinajstić information content (AvgIpc) is 2.14. The van der Waals surface area contributed by atoms with Gasteiger partial charge < -0.3 is 10.0 Å². The Bertz CT molecular complexity index is 225. The van der Waals surface area contributed by atoms with E-state index in [-0.39, 0.29) is 0 Å². The third-order valence-electron chi connectivity index (χ3n) is 4.61. The van der Waals surface area contributed by atoms with Crippen molar-refractivity contribution in [2.75, 3.05) is 14.1 Å². The number of likely N-dealkylation sites (N-methyl/N-ethyl adjacent to an activating group) is 1. The topological polar surface area (TPSA) is 23.5 Å². The molecule has 0 aromatic rings. The molecule has 0 amide bonds. The van der Waals surface area contributed by atoms with Gasteiger partial charge in [-0.2, -0.15) is 0 Å². The Morgan fingerprint density at radius 2 is 1.73 bits per heavy atom. The maximum absolute atomic E-state index is 10.5. The summed E-state index contributed by atoms with van der Waals surface area (Å²) in [5.74, 6) is 1.68. The first-order valence-electron chi connectivity index (χ1n) is 6.39. The van der Waals surface area contributed by atoms with Gasteiger partial charge in [0.25, 0.3) is 0 Å². The van der Waals surface area contributed by atoms with Crippen LogP contribution in [0.3, 0.4) is 0 Å². The Morgan fingerprint density at radius 3 is 2.33 bits per heavy atom. The average molecular weight is 211 g/mol. The molecule has 15 heavy (non-hydrogen) atoms. The van der Waals surface area contributed by atoms with Crippen LogP contribution in [-0.4, -0.2) is 35.7 Å². The molecule has 2 rings (SSSR count). The summed E-state index contributed by atoms with van der Waals surface area (Å²) in [5.41, 5.74) is -0.470. The highest BCUT2D eigenvalue weighted by Gasteiger charge is 2.44. The molecular weight excluding hydrogens is 186 g/mol. The maximum atomic E-state index is 10.5. The van der Waals surface area contributed by atoms with Crippen molar-refractivity contribution in [1.29, 1.82) is 0 Å². The molecule has 0 heterocycles. The second-order valence-electron chi connectivity index (χ2n) is 6.08. The van der Waals surface area contributed by atoms with Crippen molar-refractivity contribution in [3.8, 4) is 0 Å². The molecule has 0 radical (unpaired) electrons. The van der Waals surface area contributed by atoms with Gasteiger partial charge in [-0.1, -0.05) is 25.7 Å². The van der Waals surface area contributed by atoms with Crippen LogP contribution in [0.5, 0.6) is 0 Å². The Morgan fingerprint density at radius 1 is 1.13 bits per heavy atom. The van der Waals surface area contributed by atoms with Crippen LogP contribution in [0.15, 0.2) is 0 Å². The highest BCUT2D eigenvalue weighted by molar-refractivity contribution is 4.98. The SMILES string of the molecule is CN(C)[C@H]1C[C@@H]2CCCC[C@H]2C[C@]1(C)O. The molecule has 2 heteroatoms. The molecule has 2 fully saturated rings. The summed E-state index contributed by atoms with van der Waals surface area (Å²) in [4.78, 5) is 2.21. The Kier molecular flexibility index (Phi) is 3.09. The summed E-state index contributed by atoms with van der Waals surface area (Å²) in [6.07, 6.45) is 7.74. The van der Waals surface area contributed by atoms with Crippen molar-refractivity contribution in [2.24, 2.45) is 11.8 Å². The highest BCUT2D eigenvalue weighted by atomic mass is 16.3. The fourth-order valence-corrected chi connectivity index (χ4v) is 3.84. The van der Waals surface area contributed by atoms with Crippen LogP contribution < -0.4 is 0 Å². The summed E-state index contributed by atoms with van der Waals surface area (Å²) in [7, 11) is 4.20. The molecule has 1 N–H and O–H groups in total. The predicted octanol–water partition coefficient (Wildman–Crippen LogP) is 2.27. The molecule has 2 nitrogen and oxygen atoms in total. The first kappa shape index (κ1) is 11.4. The number of nitrogens with zero attached hydrogens (tertiary/aromatic N) is 1. The van der Waals surface area contributed by atoms with Crippen LogP contribution in [0, 0.1) is 11.8 Å². The summed E-state index contributed by atoms with van der Waals surface area (Å²) in [5, 5.41) is 10.5. The smallest absolute Gasteiger partial charge is 0.0776 e. The highest BCUT2D eigenvalue weighted by Crippen LogP contribution is 2.45. The maximum Gasteiger partial charge on any atom is 0.0776 e. The lowest BCUT2D eigenvalue weighted by Gasteiger charge is -2.49. The molecule has 0 aromatic heterocycles. The summed E-state index contributed by atoms with van der Waals surface area (Å²) < 4.78 is 0. The molecule has 0 aliphatic heterocycles. The van der Waals surface area contributed by atoms with Gasteiger partial charge >= 0.3 is 0 Å². The van der Waals surface area contributed by atoms with Gasteiger partial charge in [-0.15, -0.1) is 0 Å². The van der Waals surface area contributed by atoms with E-state index in [1.165, 1.54) is 32.1 Å². The van der Waals surface area contributed by atoms with Crippen molar-refractivity contribution < 1.29 is 5.11 Å². The van der Waals surface area contributed by atoms with E-state index in [4.69, 9.17) is 0 Å². The first-order chi connectivity index (χ1) is 7.00. The van der Waals surface area contributed by atoms with E-state index in [2.05, 4.69) is 19.0 Å². The molecule has 0 saturated heterocycles. The molecule has 2 saturated carbocycles. The lowest BCUT2D eigenvalue weighted by Crippen LogP contribution is -2.55. The molecule has 88 valence electrons. The number of fused-ring (bicyclic) bond motifs is 1. The lowest BCUT2D eigenvalue weighted by molar-refractivity contribution is -0.0881. The van der Waals surface area contributed by atoms with E-state index >= 15 is 0 Å². The third-order valence-corrected chi connectivity index (χ3v) is 4.61. The van der Waals surface area contributed by atoms with E-state index in [1.807, 2.05) is 6.92 Å². The number of hydrogen-bond donors (Lipinski definition) is 1. The molecule has 2 aliphatic rings. The van der Waals surface area contributed by atoms with Crippen molar-refractivity contribution in [1.82, 2.24) is 4.90 Å². The minimum absolute atomic E-state index is 0.358. The molecule has 2 aliphatic carbocycles. The van der Waals surface area contributed by atoms with Gasteiger partial charge in [-0.05, 0) is 45.7 Å². The minimum Gasteiger partial charge on any atom is -0.389 e. The van der Waals surface area contributed by atoms with Crippen LogP contribution in [0.25, 0.3) is 0 Å². The zero-order valence-electron chi connectivity index (χ0n) is 10.4.